The second kappa shape index (κ2) is 7.88. The van der Waals surface area contributed by atoms with Crippen molar-refractivity contribution in [2.75, 3.05) is 18.4 Å². The zero-order valence-corrected chi connectivity index (χ0v) is 15.6. The molecule has 0 aliphatic carbocycles. The Labute approximate surface area is 154 Å². The number of aryl methyl sites for hydroxylation is 1. The Balaban J connectivity index is 1.60. The molecule has 0 bridgehead atoms. The van der Waals surface area contributed by atoms with Crippen LogP contribution in [-0.2, 0) is 16.6 Å². The van der Waals surface area contributed by atoms with Crippen LogP contribution < -0.4 is 10.0 Å². The van der Waals surface area contributed by atoms with Gasteiger partial charge < -0.3 is 10.2 Å². The number of sulfonamides is 1. The van der Waals surface area contributed by atoms with Crippen molar-refractivity contribution in [2.24, 2.45) is 0 Å². The Morgan fingerprint density at radius 3 is 2.23 bits per heavy atom. The third-order valence-corrected chi connectivity index (χ3v) is 5.81. The Morgan fingerprint density at radius 2 is 1.62 bits per heavy atom. The van der Waals surface area contributed by atoms with Gasteiger partial charge in [-0.05, 0) is 49.6 Å². The Morgan fingerprint density at radius 1 is 1.00 bits per heavy atom. The fraction of sp³-hybridized carbons (Fsp3) is 0.316. The van der Waals surface area contributed by atoms with Crippen LogP contribution in [-0.4, -0.2) is 32.4 Å². The molecule has 3 rings (SSSR count). The molecular weight excluding hydrogens is 350 g/mol. The number of urea groups is 1. The van der Waals surface area contributed by atoms with Crippen molar-refractivity contribution >= 4 is 21.7 Å². The fourth-order valence-electron chi connectivity index (χ4n) is 2.81. The predicted octanol–water partition coefficient (Wildman–Crippen LogP) is 3.10. The lowest BCUT2D eigenvalue weighted by molar-refractivity contribution is 0.222. The molecule has 1 fully saturated rings. The first kappa shape index (κ1) is 18.4. The summed E-state index contributed by atoms with van der Waals surface area (Å²) in [6.07, 6.45) is 2.05. The van der Waals surface area contributed by atoms with E-state index in [9.17, 15) is 13.2 Å². The number of carbonyl (C=O) groups excluding carboxylic acids is 1. The molecule has 26 heavy (non-hydrogen) atoms. The van der Waals surface area contributed by atoms with Crippen LogP contribution >= 0.6 is 0 Å². The van der Waals surface area contributed by atoms with Gasteiger partial charge >= 0.3 is 6.03 Å². The van der Waals surface area contributed by atoms with Gasteiger partial charge in [0.15, 0.2) is 0 Å². The van der Waals surface area contributed by atoms with Crippen LogP contribution in [0.2, 0.25) is 0 Å². The van der Waals surface area contributed by atoms with Crippen LogP contribution in [0.1, 0.15) is 24.0 Å². The van der Waals surface area contributed by atoms with E-state index < -0.39 is 10.0 Å². The Bertz CT molecular complexity index is 856. The second-order valence-electron chi connectivity index (χ2n) is 6.46. The van der Waals surface area contributed by atoms with Crippen molar-refractivity contribution in [3.05, 3.63) is 59.7 Å². The molecule has 0 spiro atoms. The molecular formula is C19H23N3O3S. The minimum Gasteiger partial charge on any atom is -0.325 e. The van der Waals surface area contributed by atoms with Crippen LogP contribution in [0.25, 0.3) is 0 Å². The molecule has 6 nitrogen and oxygen atoms in total. The average molecular weight is 373 g/mol. The topological polar surface area (TPSA) is 78.5 Å². The zero-order chi connectivity index (χ0) is 18.6. The van der Waals surface area contributed by atoms with E-state index in [4.69, 9.17) is 0 Å². The predicted molar refractivity (Wildman–Crippen MR) is 101 cm³/mol. The number of benzene rings is 2. The zero-order valence-electron chi connectivity index (χ0n) is 14.7. The van der Waals surface area contributed by atoms with E-state index in [1.165, 1.54) is 12.1 Å². The minimum absolute atomic E-state index is 0.143. The van der Waals surface area contributed by atoms with Gasteiger partial charge in [0, 0.05) is 25.3 Å². The molecule has 0 unspecified atom stereocenters. The van der Waals surface area contributed by atoms with Gasteiger partial charge in [0.1, 0.15) is 0 Å². The van der Waals surface area contributed by atoms with Crippen molar-refractivity contribution in [2.45, 2.75) is 31.2 Å². The van der Waals surface area contributed by atoms with Crippen LogP contribution in [0.3, 0.4) is 0 Å². The first-order valence-corrected chi connectivity index (χ1v) is 10.1. The molecule has 0 saturated carbocycles. The molecule has 2 aromatic carbocycles. The van der Waals surface area contributed by atoms with E-state index in [2.05, 4.69) is 10.0 Å². The van der Waals surface area contributed by atoms with Crippen molar-refractivity contribution in [1.29, 1.82) is 0 Å². The van der Waals surface area contributed by atoms with Gasteiger partial charge in [-0.1, -0.05) is 29.8 Å². The summed E-state index contributed by atoms with van der Waals surface area (Å²) >= 11 is 0. The number of nitrogens with zero attached hydrogens (tertiary/aromatic N) is 1. The lowest BCUT2D eigenvalue weighted by atomic mass is 10.2. The molecule has 2 aromatic rings. The SMILES string of the molecule is Cc1ccc(CNS(=O)(=O)c2ccc(NC(=O)N3CCCC3)cc2)cc1. The van der Waals surface area contributed by atoms with Crippen LogP contribution in [0.5, 0.6) is 0 Å². The summed E-state index contributed by atoms with van der Waals surface area (Å²) in [6.45, 7) is 3.75. The summed E-state index contributed by atoms with van der Waals surface area (Å²) in [4.78, 5) is 14.0. The van der Waals surface area contributed by atoms with Gasteiger partial charge in [0.25, 0.3) is 0 Å². The van der Waals surface area contributed by atoms with E-state index >= 15 is 0 Å². The highest BCUT2D eigenvalue weighted by molar-refractivity contribution is 7.89. The summed E-state index contributed by atoms with van der Waals surface area (Å²) < 4.78 is 27.4. The minimum atomic E-state index is -3.60. The monoisotopic (exact) mass is 373 g/mol. The number of likely N-dealkylation sites (tertiary alicyclic amines) is 1. The molecule has 0 radical (unpaired) electrons. The number of nitrogens with one attached hydrogen (secondary N) is 2. The quantitative estimate of drug-likeness (QED) is 0.845. The van der Waals surface area contributed by atoms with Crippen LogP contribution in [0.15, 0.2) is 53.4 Å². The summed E-state index contributed by atoms with van der Waals surface area (Å²) in [6, 6.07) is 13.7. The average Bonchev–Trinajstić information content (AvgIpc) is 3.17. The van der Waals surface area contributed by atoms with Crippen molar-refractivity contribution in [3.63, 3.8) is 0 Å². The van der Waals surface area contributed by atoms with Gasteiger partial charge in [-0.3, -0.25) is 0 Å². The molecule has 2 amide bonds. The van der Waals surface area contributed by atoms with Crippen LogP contribution in [0.4, 0.5) is 10.5 Å². The molecule has 138 valence electrons. The van der Waals surface area contributed by atoms with E-state index in [1.807, 2.05) is 31.2 Å². The standard InChI is InChI=1S/C19H23N3O3S/c1-15-4-6-16(7-5-15)14-20-26(24,25)18-10-8-17(9-11-18)21-19(23)22-12-2-3-13-22/h4-11,20H,2-3,12-14H2,1H3,(H,21,23). The highest BCUT2D eigenvalue weighted by atomic mass is 32.2. The van der Waals surface area contributed by atoms with Crippen molar-refractivity contribution < 1.29 is 13.2 Å². The number of rotatable bonds is 5. The van der Waals surface area contributed by atoms with Gasteiger partial charge in [0.2, 0.25) is 10.0 Å². The molecule has 1 heterocycles. The number of hydrogen-bond acceptors (Lipinski definition) is 3. The van der Waals surface area contributed by atoms with Crippen molar-refractivity contribution in [3.8, 4) is 0 Å². The van der Waals surface area contributed by atoms with E-state index in [0.717, 1.165) is 37.1 Å². The number of amides is 2. The van der Waals surface area contributed by atoms with E-state index in [-0.39, 0.29) is 17.5 Å². The van der Waals surface area contributed by atoms with Gasteiger partial charge in [0.05, 0.1) is 4.90 Å². The summed E-state index contributed by atoms with van der Waals surface area (Å²) in [5.74, 6) is 0. The van der Waals surface area contributed by atoms with E-state index in [0.29, 0.717) is 5.69 Å². The maximum Gasteiger partial charge on any atom is 0.321 e. The third-order valence-electron chi connectivity index (χ3n) is 4.40. The molecule has 1 aliphatic rings. The summed E-state index contributed by atoms with van der Waals surface area (Å²) in [5.41, 5.74) is 2.61. The fourth-order valence-corrected chi connectivity index (χ4v) is 3.83. The van der Waals surface area contributed by atoms with Gasteiger partial charge in [-0.2, -0.15) is 0 Å². The summed E-state index contributed by atoms with van der Waals surface area (Å²) in [5, 5.41) is 2.80. The second-order valence-corrected chi connectivity index (χ2v) is 8.23. The highest BCUT2D eigenvalue weighted by Gasteiger charge is 2.18. The Kier molecular flexibility index (Phi) is 5.58. The molecule has 0 atom stereocenters. The van der Waals surface area contributed by atoms with Gasteiger partial charge in [-0.15, -0.1) is 0 Å². The van der Waals surface area contributed by atoms with E-state index in [1.54, 1.807) is 17.0 Å². The maximum absolute atomic E-state index is 12.4. The number of anilines is 1. The maximum atomic E-state index is 12.4. The molecule has 1 saturated heterocycles. The smallest absolute Gasteiger partial charge is 0.321 e. The first-order chi connectivity index (χ1) is 12.4. The van der Waals surface area contributed by atoms with Crippen LogP contribution in [0, 0.1) is 6.92 Å². The molecule has 1 aliphatic heterocycles. The molecule has 2 N–H and O–H groups in total. The Hall–Kier alpha value is -2.38. The molecule has 0 aromatic heterocycles. The number of hydrogen-bond donors (Lipinski definition) is 2. The summed E-state index contributed by atoms with van der Waals surface area (Å²) in [7, 11) is -3.60. The lowest BCUT2D eigenvalue weighted by Crippen LogP contribution is -2.32. The lowest BCUT2D eigenvalue weighted by Gasteiger charge is -2.16. The molecule has 7 heteroatoms. The highest BCUT2D eigenvalue weighted by Crippen LogP contribution is 2.16. The van der Waals surface area contributed by atoms with Crippen molar-refractivity contribution in [1.82, 2.24) is 9.62 Å². The first-order valence-electron chi connectivity index (χ1n) is 8.65. The normalized spacial score (nSPS) is 14.4. The largest absolute Gasteiger partial charge is 0.325 e. The number of carbonyl (C=O) groups is 1. The van der Waals surface area contributed by atoms with Gasteiger partial charge in [-0.25, -0.2) is 17.9 Å². The third kappa shape index (κ3) is 4.62.